The van der Waals surface area contributed by atoms with E-state index >= 15 is 0 Å². The zero-order valence-corrected chi connectivity index (χ0v) is 17.6. The Morgan fingerprint density at radius 2 is 1.89 bits per heavy atom. The smallest absolute Gasteiger partial charge is 0.230 e. The number of carbonyl (C=O) groups excluding carboxylic acids is 4. The minimum absolute atomic E-state index is 0.00850. The van der Waals surface area contributed by atoms with Crippen LogP contribution >= 0.6 is 11.8 Å². The average Bonchev–Trinajstić information content (AvgIpc) is 2.66. The highest BCUT2D eigenvalue weighted by Gasteiger charge is 2.35. The van der Waals surface area contributed by atoms with Crippen LogP contribution in [0.3, 0.4) is 0 Å². The first-order chi connectivity index (χ1) is 12.7. The summed E-state index contributed by atoms with van der Waals surface area (Å²) in [5, 5.41) is 0.0736. The second kappa shape index (κ2) is 11.6. The molecule has 2 atom stereocenters. The van der Waals surface area contributed by atoms with Gasteiger partial charge in [-0.25, -0.2) is 0 Å². The summed E-state index contributed by atoms with van der Waals surface area (Å²) < 4.78 is 0. The normalized spacial score (nSPS) is 23.1. The van der Waals surface area contributed by atoms with E-state index in [1.54, 1.807) is 18.7 Å². The van der Waals surface area contributed by atoms with Crippen molar-refractivity contribution in [2.24, 2.45) is 17.6 Å². The van der Waals surface area contributed by atoms with Crippen LogP contribution in [0.15, 0.2) is 0 Å². The highest BCUT2D eigenvalue weighted by molar-refractivity contribution is 7.99. The monoisotopic (exact) mass is 398 g/mol. The van der Waals surface area contributed by atoms with Crippen molar-refractivity contribution in [2.75, 3.05) is 12.3 Å². The lowest BCUT2D eigenvalue weighted by Gasteiger charge is -2.33. The minimum Gasteiger partial charge on any atom is -0.319 e. The number of thioether (sulfide) groups is 1. The van der Waals surface area contributed by atoms with Gasteiger partial charge in [0, 0.05) is 36.3 Å². The average molecular weight is 399 g/mol. The molecule has 1 aliphatic rings. The molecule has 2 N–H and O–H groups in total. The van der Waals surface area contributed by atoms with Gasteiger partial charge in [-0.2, -0.15) is 11.8 Å². The van der Waals surface area contributed by atoms with Crippen LogP contribution in [-0.2, 0) is 19.2 Å². The van der Waals surface area contributed by atoms with Gasteiger partial charge in [-0.05, 0) is 44.9 Å². The molecule has 0 spiro atoms. The van der Waals surface area contributed by atoms with Gasteiger partial charge < -0.3 is 10.5 Å². The van der Waals surface area contributed by atoms with E-state index in [9.17, 15) is 19.2 Å². The van der Waals surface area contributed by atoms with Crippen molar-refractivity contribution < 1.29 is 19.2 Å². The van der Waals surface area contributed by atoms with Gasteiger partial charge in [0.1, 0.15) is 6.29 Å². The fourth-order valence-electron chi connectivity index (χ4n) is 3.47. The van der Waals surface area contributed by atoms with E-state index in [1.807, 2.05) is 13.8 Å². The molecule has 27 heavy (non-hydrogen) atoms. The molecule has 1 saturated carbocycles. The molecule has 0 radical (unpaired) electrons. The summed E-state index contributed by atoms with van der Waals surface area (Å²) in [5.41, 5.74) is 5.32. The number of aldehydes is 1. The number of rotatable bonds is 12. The van der Waals surface area contributed by atoms with E-state index in [2.05, 4.69) is 0 Å². The van der Waals surface area contributed by atoms with Crippen molar-refractivity contribution in [3.8, 4) is 0 Å². The van der Waals surface area contributed by atoms with Gasteiger partial charge in [0.25, 0.3) is 0 Å². The predicted molar refractivity (Wildman–Crippen MR) is 108 cm³/mol. The van der Waals surface area contributed by atoms with Gasteiger partial charge in [0.15, 0.2) is 5.78 Å². The zero-order valence-electron chi connectivity index (χ0n) is 16.8. The Morgan fingerprint density at radius 3 is 2.41 bits per heavy atom. The number of hydrogen-bond donors (Lipinski definition) is 1. The summed E-state index contributed by atoms with van der Waals surface area (Å²) in [4.78, 5) is 47.9. The van der Waals surface area contributed by atoms with Crippen molar-refractivity contribution in [1.82, 2.24) is 4.90 Å². The summed E-state index contributed by atoms with van der Waals surface area (Å²) in [6.07, 6.45) is 6.09. The number of nitrogens with two attached hydrogens (primary N) is 1. The Labute approximate surface area is 167 Å². The molecule has 1 rings (SSSR count). The molecular formula is C20H34N2O4S. The fraction of sp³-hybridized carbons (Fsp3) is 0.800. The molecule has 0 saturated heterocycles. The van der Waals surface area contributed by atoms with Crippen LogP contribution < -0.4 is 5.73 Å². The number of nitrogens with zero attached hydrogens (tertiary/aromatic N) is 1. The van der Waals surface area contributed by atoms with Crippen LogP contribution in [0.5, 0.6) is 0 Å². The van der Waals surface area contributed by atoms with E-state index in [1.165, 1.54) is 4.90 Å². The van der Waals surface area contributed by atoms with Crippen molar-refractivity contribution in [3.63, 3.8) is 0 Å². The first kappa shape index (κ1) is 23.8. The molecule has 1 aliphatic carbocycles. The fourth-order valence-corrected chi connectivity index (χ4v) is 4.36. The van der Waals surface area contributed by atoms with Crippen molar-refractivity contribution in [1.29, 1.82) is 0 Å². The molecule has 2 unspecified atom stereocenters. The third-order valence-corrected chi connectivity index (χ3v) is 6.72. The highest BCUT2D eigenvalue weighted by Crippen LogP contribution is 2.32. The van der Waals surface area contributed by atoms with Gasteiger partial charge in [-0.3, -0.25) is 19.3 Å². The molecule has 0 aromatic heterocycles. The SMILES string of the molecule is CCC(C)(N)C(=O)C1CCC(CN(C=O)C(=O)CC(C)SCCC=O)CC1. The number of ketones is 1. The maximum atomic E-state index is 12.5. The van der Waals surface area contributed by atoms with Crippen LogP contribution in [0.1, 0.15) is 65.7 Å². The Bertz CT molecular complexity index is 516. The number of Topliss-reactive ketones (excluding diaryl/α,β-unsaturated/α-hetero) is 1. The number of amides is 2. The summed E-state index contributed by atoms with van der Waals surface area (Å²) in [5.74, 6) is 0.884. The third-order valence-electron chi connectivity index (χ3n) is 5.52. The van der Waals surface area contributed by atoms with E-state index in [0.717, 1.165) is 32.0 Å². The van der Waals surface area contributed by atoms with Gasteiger partial charge in [0.2, 0.25) is 12.3 Å². The van der Waals surface area contributed by atoms with Gasteiger partial charge in [-0.1, -0.05) is 13.8 Å². The van der Waals surface area contributed by atoms with Crippen molar-refractivity contribution >= 4 is 36.1 Å². The summed E-state index contributed by atoms with van der Waals surface area (Å²) >= 11 is 1.57. The topological polar surface area (TPSA) is 97.5 Å². The maximum Gasteiger partial charge on any atom is 0.230 e. The van der Waals surface area contributed by atoms with Gasteiger partial charge in [0.05, 0.1) is 5.54 Å². The van der Waals surface area contributed by atoms with E-state index in [0.29, 0.717) is 31.5 Å². The zero-order chi connectivity index (χ0) is 20.4. The van der Waals surface area contributed by atoms with Crippen LogP contribution in [0, 0.1) is 11.8 Å². The molecule has 7 heteroatoms. The Kier molecular flexibility index (Phi) is 10.2. The number of hydrogen-bond acceptors (Lipinski definition) is 6. The Morgan fingerprint density at radius 1 is 1.26 bits per heavy atom. The lowest BCUT2D eigenvalue weighted by Crippen LogP contribution is -2.48. The largest absolute Gasteiger partial charge is 0.319 e. The maximum absolute atomic E-state index is 12.5. The molecule has 0 bridgehead atoms. The first-order valence-electron chi connectivity index (χ1n) is 9.88. The molecule has 1 fully saturated rings. The van der Waals surface area contributed by atoms with Crippen molar-refractivity contribution in [2.45, 2.75) is 76.5 Å². The van der Waals surface area contributed by atoms with E-state index in [-0.39, 0.29) is 35.2 Å². The van der Waals surface area contributed by atoms with Crippen molar-refractivity contribution in [3.05, 3.63) is 0 Å². The molecule has 2 amide bonds. The van der Waals surface area contributed by atoms with Gasteiger partial charge >= 0.3 is 0 Å². The molecule has 0 aromatic carbocycles. The number of carbonyl (C=O) groups is 4. The van der Waals surface area contributed by atoms with Crippen LogP contribution in [0.25, 0.3) is 0 Å². The third kappa shape index (κ3) is 7.74. The molecule has 0 heterocycles. The Balaban J connectivity index is 2.46. The summed E-state index contributed by atoms with van der Waals surface area (Å²) in [6.45, 7) is 6.07. The van der Waals surface area contributed by atoms with E-state index in [4.69, 9.17) is 5.73 Å². The standard InChI is InChI=1S/C20H34N2O4S/c1-4-20(3,21)19(26)17-8-6-16(7-9-17)13-22(14-24)18(25)12-15(2)27-11-5-10-23/h10,14-17H,4-9,11-13,21H2,1-3H3. The lowest BCUT2D eigenvalue weighted by atomic mass is 9.75. The Hall–Kier alpha value is -1.21. The van der Waals surface area contributed by atoms with Gasteiger partial charge in [-0.15, -0.1) is 0 Å². The highest BCUT2D eigenvalue weighted by atomic mass is 32.2. The predicted octanol–water partition coefficient (Wildman–Crippen LogP) is 2.58. The lowest BCUT2D eigenvalue weighted by molar-refractivity contribution is -0.139. The van der Waals surface area contributed by atoms with E-state index < -0.39 is 5.54 Å². The molecular weight excluding hydrogens is 364 g/mol. The van der Waals surface area contributed by atoms with Crippen LogP contribution in [-0.4, -0.2) is 52.4 Å². The summed E-state index contributed by atoms with van der Waals surface area (Å²) in [7, 11) is 0. The van der Waals surface area contributed by atoms with Crippen LogP contribution in [0.4, 0.5) is 0 Å². The molecule has 6 nitrogen and oxygen atoms in total. The minimum atomic E-state index is -0.764. The molecule has 154 valence electrons. The molecule has 0 aromatic rings. The van der Waals surface area contributed by atoms with Crippen LogP contribution in [0.2, 0.25) is 0 Å². The number of imide groups is 1. The first-order valence-corrected chi connectivity index (χ1v) is 10.9. The molecule has 0 aliphatic heterocycles. The second-order valence-corrected chi connectivity index (χ2v) is 9.39. The second-order valence-electron chi connectivity index (χ2n) is 7.85. The summed E-state index contributed by atoms with van der Waals surface area (Å²) in [6, 6.07) is 0. The quantitative estimate of drug-likeness (QED) is 0.401.